The fourth-order valence-corrected chi connectivity index (χ4v) is 4.14. The Morgan fingerprint density at radius 1 is 1.16 bits per heavy atom. The van der Waals surface area contributed by atoms with Gasteiger partial charge in [0.05, 0.1) is 20.3 Å². The van der Waals surface area contributed by atoms with Crippen molar-refractivity contribution in [3.8, 4) is 11.8 Å². The van der Waals surface area contributed by atoms with Gasteiger partial charge in [0.2, 0.25) is 5.91 Å². The molecule has 1 saturated carbocycles. The Labute approximate surface area is 144 Å². The van der Waals surface area contributed by atoms with Crippen molar-refractivity contribution in [2.75, 3.05) is 28.4 Å². The molecule has 1 heterocycles. The number of piperidine rings is 1. The number of esters is 1. The molecule has 8 nitrogen and oxygen atoms in total. The van der Waals surface area contributed by atoms with Crippen LogP contribution in [-0.2, 0) is 23.8 Å². The minimum atomic E-state index is -1.75. The van der Waals surface area contributed by atoms with Crippen LogP contribution in [0.1, 0.15) is 11.5 Å². The zero-order valence-corrected chi connectivity index (χ0v) is 14.3. The van der Waals surface area contributed by atoms with Gasteiger partial charge in [-0.05, 0) is 17.7 Å². The summed E-state index contributed by atoms with van der Waals surface area (Å²) in [6, 6.07) is 8.90. The van der Waals surface area contributed by atoms with Crippen LogP contribution in [0.4, 0.5) is 0 Å². The first kappa shape index (κ1) is 17.2. The van der Waals surface area contributed by atoms with Crippen molar-refractivity contribution in [1.29, 1.82) is 5.26 Å². The predicted molar refractivity (Wildman–Crippen MR) is 83.1 cm³/mol. The van der Waals surface area contributed by atoms with E-state index in [1.54, 1.807) is 24.3 Å². The molecule has 3 atom stereocenters. The molecule has 1 saturated heterocycles. The van der Waals surface area contributed by atoms with Crippen LogP contribution in [-0.4, -0.2) is 46.2 Å². The highest BCUT2D eigenvalue weighted by molar-refractivity contribution is 6.13. The third-order valence-corrected chi connectivity index (χ3v) is 5.27. The predicted octanol–water partition coefficient (Wildman–Crippen LogP) is 0.538. The van der Waals surface area contributed by atoms with E-state index >= 15 is 0 Å². The quantitative estimate of drug-likeness (QED) is 0.471. The lowest BCUT2D eigenvalue weighted by Crippen LogP contribution is -2.54. The van der Waals surface area contributed by atoms with Gasteiger partial charge in [-0.3, -0.25) is 9.59 Å². The van der Waals surface area contributed by atoms with Crippen molar-refractivity contribution >= 4 is 11.9 Å². The maximum atomic E-state index is 12.8. The second-order valence-corrected chi connectivity index (χ2v) is 5.90. The lowest BCUT2D eigenvalue weighted by Gasteiger charge is -2.32. The lowest BCUT2D eigenvalue weighted by atomic mass is 9.94. The van der Waals surface area contributed by atoms with Gasteiger partial charge in [-0.15, -0.1) is 0 Å². The van der Waals surface area contributed by atoms with E-state index in [1.165, 1.54) is 28.4 Å². The van der Waals surface area contributed by atoms with E-state index < -0.39 is 34.5 Å². The summed E-state index contributed by atoms with van der Waals surface area (Å²) >= 11 is 0. The first-order valence-corrected chi connectivity index (χ1v) is 7.52. The topological polar surface area (TPSA) is 107 Å². The number of carbonyl (C=O) groups excluding carboxylic acids is 2. The lowest BCUT2D eigenvalue weighted by molar-refractivity contribution is -0.248. The number of fused-ring (bicyclic) bond motifs is 1. The van der Waals surface area contributed by atoms with Crippen molar-refractivity contribution in [2.45, 2.75) is 11.8 Å². The van der Waals surface area contributed by atoms with E-state index in [-0.39, 0.29) is 0 Å². The Hall–Kier alpha value is -2.63. The van der Waals surface area contributed by atoms with Gasteiger partial charge in [0.1, 0.15) is 5.75 Å². The van der Waals surface area contributed by atoms with E-state index in [2.05, 4.69) is 11.4 Å². The molecule has 8 heteroatoms. The van der Waals surface area contributed by atoms with Crippen LogP contribution in [0.2, 0.25) is 0 Å². The van der Waals surface area contributed by atoms with Gasteiger partial charge in [0, 0.05) is 20.1 Å². The molecule has 0 bridgehead atoms. The number of amides is 1. The Morgan fingerprint density at radius 2 is 1.76 bits per heavy atom. The molecule has 0 unspecified atom stereocenters. The third-order valence-electron chi connectivity index (χ3n) is 5.27. The molecular weight excluding hydrogens is 328 g/mol. The molecule has 1 aromatic carbocycles. The van der Waals surface area contributed by atoms with Crippen LogP contribution in [0.5, 0.6) is 5.75 Å². The van der Waals surface area contributed by atoms with Crippen LogP contribution in [0, 0.1) is 22.2 Å². The van der Waals surface area contributed by atoms with Crippen molar-refractivity contribution < 1.29 is 28.5 Å². The average molecular weight is 346 g/mol. The van der Waals surface area contributed by atoms with Gasteiger partial charge in [-0.25, -0.2) is 0 Å². The molecule has 1 aliphatic carbocycles. The summed E-state index contributed by atoms with van der Waals surface area (Å²) in [6.45, 7) is 0. The van der Waals surface area contributed by atoms with Gasteiger partial charge >= 0.3 is 5.97 Å². The summed E-state index contributed by atoms with van der Waals surface area (Å²) in [5.74, 6) is -3.38. The van der Waals surface area contributed by atoms with Crippen LogP contribution < -0.4 is 10.1 Å². The molecule has 3 rings (SSSR count). The van der Waals surface area contributed by atoms with Crippen LogP contribution in [0.15, 0.2) is 24.3 Å². The number of methoxy groups -OCH3 is 4. The number of nitrogens with one attached hydrogen (secondary N) is 1. The van der Waals surface area contributed by atoms with E-state index in [0.29, 0.717) is 11.3 Å². The zero-order chi connectivity index (χ0) is 18.5. The number of nitriles is 1. The van der Waals surface area contributed by atoms with Crippen molar-refractivity contribution in [2.24, 2.45) is 10.8 Å². The third kappa shape index (κ3) is 1.67. The molecule has 0 aromatic heterocycles. The first-order chi connectivity index (χ1) is 12.0. The number of ether oxygens (including phenoxy) is 4. The molecule has 1 N–H and O–H groups in total. The standard InChI is InChI=1S/C17H18N2O6/c1-22-11-7-5-10(6-8-11)12-15(9-18)16(12,14(21)23-2)13(20)19-17(15,24-3)25-4/h5-8,12H,1-4H3,(H,19,20)/t12-,15-,16-/m1/s1. The summed E-state index contributed by atoms with van der Waals surface area (Å²) in [5.41, 5.74) is -2.72. The molecule has 0 radical (unpaired) electrons. The SMILES string of the molecule is COC(=O)[C@@]12C(=O)NC(OC)(OC)[C@]1(C#N)[C@H]2c1ccc(OC)cc1. The van der Waals surface area contributed by atoms with Crippen LogP contribution in [0.25, 0.3) is 0 Å². The molecule has 2 fully saturated rings. The summed E-state index contributed by atoms with van der Waals surface area (Å²) in [5, 5.41) is 12.5. The highest BCUT2D eigenvalue weighted by atomic mass is 16.7. The van der Waals surface area contributed by atoms with Crippen molar-refractivity contribution in [1.82, 2.24) is 5.32 Å². The molecule has 1 aliphatic heterocycles. The Bertz CT molecular complexity index is 766. The number of hydrogen-bond acceptors (Lipinski definition) is 7. The number of hydrogen-bond donors (Lipinski definition) is 1. The average Bonchev–Trinajstić information content (AvgIpc) is 3.24. The maximum absolute atomic E-state index is 12.8. The van der Waals surface area contributed by atoms with Crippen LogP contribution in [0.3, 0.4) is 0 Å². The second kappa shape index (κ2) is 5.44. The molecule has 1 aromatic rings. The van der Waals surface area contributed by atoms with E-state index in [4.69, 9.17) is 18.9 Å². The summed E-state index contributed by atoms with van der Waals surface area (Å²) < 4.78 is 20.7. The van der Waals surface area contributed by atoms with Crippen molar-refractivity contribution in [3.63, 3.8) is 0 Å². The molecular formula is C17H18N2O6. The number of nitrogens with zero attached hydrogens (tertiary/aromatic N) is 1. The minimum Gasteiger partial charge on any atom is -0.497 e. The number of benzene rings is 1. The van der Waals surface area contributed by atoms with E-state index in [0.717, 1.165) is 0 Å². The zero-order valence-electron chi connectivity index (χ0n) is 14.3. The molecule has 1 amide bonds. The summed E-state index contributed by atoms with van der Waals surface area (Å²) in [7, 11) is 5.32. The smallest absolute Gasteiger partial charge is 0.324 e. The van der Waals surface area contributed by atoms with Crippen molar-refractivity contribution in [3.05, 3.63) is 29.8 Å². The summed E-state index contributed by atoms with van der Waals surface area (Å²) in [4.78, 5) is 25.4. The fraction of sp³-hybridized carbons (Fsp3) is 0.471. The Morgan fingerprint density at radius 3 is 2.20 bits per heavy atom. The van der Waals surface area contributed by atoms with E-state index in [9.17, 15) is 14.9 Å². The van der Waals surface area contributed by atoms with Gasteiger partial charge in [-0.1, -0.05) is 12.1 Å². The highest BCUT2D eigenvalue weighted by Crippen LogP contribution is 2.81. The summed E-state index contributed by atoms with van der Waals surface area (Å²) in [6.07, 6.45) is 0. The molecule has 0 spiro atoms. The van der Waals surface area contributed by atoms with Gasteiger partial charge in [-0.2, -0.15) is 5.26 Å². The van der Waals surface area contributed by atoms with Gasteiger partial charge < -0.3 is 24.3 Å². The van der Waals surface area contributed by atoms with Crippen LogP contribution >= 0.6 is 0 Å². The Kier molecular flexibility index (Phi) is 3.74. The molecule has 25 heavy (non-hydrogen) atoms. The number of rotatable bonds is 5. The first-order valence-electron chi connectivity index (χ1n) is 7.52. The minimum absolute atomic E-state index is 0.612. The van der Waals surface area contributed by atoms with Gasteiger partial charge in [0.15, 0.2) is 10.8 Å². The van der Waals surface area contributed by atoms with Gasteiger partial charge in [0.25, 0.3) is 5.91 Å². The second-order valence-electron chi connectivity index (χ2n) is 5.90. The molecule has 2 aliphatic rings. The fourth-order valence-electron chi connectivity index (χ4n) is 4.14. The Balaban J connectivity index is 2.22. The number of carbonyl (C=O) groups is 2. The highest BCUT2D eigenvalue weighted by Gasteiger charge is 2.98. The molecule has 132 valence electrons. The monoisotopic (exact) mass is 346 g/mol. The maximum Gasteiger partial charge on any atom is 0.324 e. The van der Waals surface area contributed by atoms with E-state index in [1.807, 2.05) is 0 Å². The normalized spacial score (nSPS) is 31.5. The largest absolute Gasteiger partial charge is 0.497 e.